The molecule has 224 valence electrons. The normalized spacial score (nSPS) is 16.6. The number of ether oxygens (including phenoxy) is 4. The minimum Gasteiger partial charge on any atom is -1.00 e. The number of pyridine rings is 1. The molecule has 0 bridgehead atoms. The molecule has 1 aromatic heterocycles. The van der Waals surface area contributed by atoms with Crippen molar-refractivity contribution in [2.45, 2.75) is 123 Å². The molecule has 39 heavy (non-hydrogen) atoms. The number of rotatable bonds is 20. The Balaban J connectivity index is 0.00000760. The van der Waals surface area contributed by atoms with Crippen LogP contribution in [0.1, 0.15) is 104 Å². The van der Waals surface area contributed by atoms with Crippen molar-refractivity contribution in [2.24, 2.45) is 0 Å². The fourth-order valence-electron chi connectivity index (χ4n) is 4.59. The van der Waals surface area contributed by atoms with Gasteiger partial charge in [0.1, 0.15) is 25.8 Å². The number of aromatic nitrogens is 1. The fraction of sp³-hybridized carbons (Fsp3) is 0.767. The van der Waals surface area contributed by atoms with Crippen molar-refractivity contribution in [3.63, 3.8) is 0 Å². The minimum atomic E-state index is -0.706. The van der Waals surface area contributed by atoms with Crippen LogP contribution in [0.15, 0.2) is 24.4 Å². The first-order valence-corrected chi connectivity index (χ1v) is 14.8. The number of nitrogens with zero attached hydrogens (tertiary/aromatic N) is 2. The molecule has 0 N–H and O–H groups in total. The third kappa shape index (κ3) is 15.3. The molecule has 2 amide bonds. The van der Waals surface area contributed by atoms with Crippen LogP contribution in [-0.4, -0.2) is 55.7 Å². The maximum absolute atomic E-state index is 12.6. The number of amides is 2. The number of unbranched alkanes of at least 4 members (excludes halogenated alkanes) is 11. The van der Waals surface area contributed by atoms with Crippen LogP contribution in [0.5, 0.6) is 0 Å². The van der Waals surface area contributed by atoms with Gasteiger partial charge in [-0.3, -0.25) is 4.79 Å². The van der Waals surface area contributed by atoms with Crippen LogP contribution in [0.4, 0.5) is 4.79 Å². The Labute approximate surface area is 253 Å². The van der Waals surface area contributed by atoms with Crippen molar-refractivity contribution in [1.29, 1.82) is 0 Å². The summed E-state index contributed by atoms with van der Waals surface area (Å²) in [5, 5.41) is 0. The van der Waals surface area contributed by atoms with Gasteiger partial charge in [0.15, 0.2) is 12.5 Å². The molecule has 2 unspecified atom stereocenters. The molecule has 2 rings (SSSR count). The van der Waals surface area contributed by atoms with Crippen LogP contribution in [0.3, 0.4) is 0 Å². The first-order valence-electron chi connectivity index (χ1n) is 14.8. The van der Waals surface area contributed by atoms with E-state index in [0.29, 0.717) is 13.2 Å². The van der Waals surface area contributed by atoms with Gasteiger partial charge in [-0.15, -0.1) is 0 Å². The quantitative estimate of drug-likeness (QED) is 0.122. The van der Waals surface area contributed by atoms with Crippen molar-refractivity contribution in [1.82, 2.24) is 4.90 Å². The minimum absolute atomic E-state index is 0. The summed E-state index contributed by atoms with van der Waals surface area (Å²) in [7, 11) is 0. The van der Waals surface area contributed by atoms with E-state index in [1.54, 1.807) is 0 Å². The summed E-state index contributed by atoms with van der Waals surface area (Å²) in [6.45, 7) is 8.03. The van der Waals surface area contributed by atoms with Gasteiger partial charge in [-0.05, 0) is 13.3 Å². The van der Waals surface area contributed by atoms with Gasteiger partial charge in [-0.2, -0.15) is 0 Å². The predicted molar refractivity (Wildman–Crippen MR) is 146 cm³/mol. The van der Waals surface area contributed by atoms with E-state index >= 15 is 0 Å². The van der Waals surface area contributed by atoms with Crippen molar-refractivity contribution in [3.05, 3.63) is 30.1 Å². The highest BCUT2D eigenvalue weighted by molar-refractivity contribution is 5.90. The summed E-state index contributed by atoms with van der Waals surface area (Å²) in [5.74, 6) is -0.376. The van der Waals surface area contributed by atoms with Gasteiger partial charge in [0, 0.05) is 25.7 Å². The lowest BCUT2D eigenvalue weighted by atomic mass is 10.1. The predicted octanol–water partition coefficient (Wildman–Crippen LogP) is 2.94. The van der Waals surface area contributed by atoms with Gasteiger partial charge < -0.3 is 42.9 Å². The Bertz CT molecular complexity index is 796. The van der Waals surface area contributed by atoms with Crippen molar-refractivity contribution < 1.29 is 57.1 Å². The molecule has 0 aromatic carbocycles. The largest absolute Gasteiger partial charge is 1.00 e. The average Bonchev–Trinajstić information content (AvgIpc) is 3.38. The van der Waals surface area contributed by atoms with E-state index < -0.39 is 12.4 Å². The van der Waals surface area contributed by atoms with Gasteiger partial charge in [-0.1, -0.05) is 83.6 Å². The molecule has 0 radical (unpaired) electrons. The van der Waals surface area contributed by atoms with E-state index in [1.165, 1.54) is 77.6 Å². The van der Waals surface area contributed by atoms with E-state index in [-0.39, 0.29) is 49.1 Å². The number of halogens is 1. The van der Waals surface area contributed by atoms with Gasteiger partial charge in [-0.25, -0.2) is 14.3 Å². The van der Waals surface area contributed by atoms with Crippen molar-refractivity contribution in [3.8, 4) is 0 Å². The molecule has 0 aliphatic carbocycles. The Hall–Kier alpha value is -1.30. The lowest BCUT2D eigenvalue weighted by molar-refractivity contribution is -0.701. The standard InChI is InChI=1S/C30H51N2O6.HI/c1-4-6-7-8-9-10-11-12-13-14-15-18-21-35-23-28-24-36-29(38-28)25-37-30(34)32(26(3)33)22-27-19-16-17-20-31(27)5-2;/h16-17,19-20,28-29H,4-15,18,21-25H2,1-3H3;1H/q+1;/p-1. The third-order valence-electron chi connectivity index (χ3n) is 6.90. The topological polar surface area (TPSA) is 78.2 Å². The van der Waals surface area contributed by atoms with Gasteiger partial charge in [0.25, 0.3) is 0 Å². The maximum Gasteiger partial charge on any atom is 0.417 e. The first kappa shape index (κ1) is 35.7. The number of carbonyl (C=O) groups is 2. The zero-order valence-electron chi connectivity index (χ0n) is 24.4. The number of hydrogen-bond donors (Lipinski definition) is 0. The van der Waals surface area contributed by atoms with Crippen molar-refractivity contribution in [2.75, 3.05) is 26.4 Å². The molecular formula is C30H51IN2O6. The van der Waals surface area contributed by atoms with Crippen LogP contribution < -0.4 is 28.5 Å². The summed E-state index contributed by atoms with van der Waals surface area (Å²) in [6, 6.07) is 5.68. The molecule has 1 aromatic rings. The van der Waals surface area contributed by atoms with E-state index in [0.717, 1.165) is 30.2 Å². The second-order valence-corrected chi connectivity index (χ2v) is 10.1. The monoisotopic (exact) mass is 662 g/mol. The van der Waals surface area contributed by atoms with Gasteiger partial charge in [0.2, 0.25) is 11.6 Å². The van der Waals surface area contributed by atoms with Gasteiger partial charge in [0.05, 0.1) is 13.2 Å². The molecule has 1 aliphatic heterocycles. The molecule has 1 aliphatic rings. The second-order valence-electron chi connectivity index (χ2n) is 10.1. The fourth-order valence-corrected chi connectivity index (χ4v) is 4.59. The SMILES string of the molecule is CCCCCCCCCCCCCCOCC1COC(COC(=O)N(Cc2cccc[n+]2CC)C(C)=O)O1.[I-]. The highest BCUT2D eigenvalue weighted by Gasteiger charge is 2.29. The number of imide groups is 1. The molecule has 0 saturated carbocycles. The lowest BCUT2D eigenvalue weighted by Crippen LogP contribution is -3.00. The molecule has 9 heteroatoms. The van der Waals surface area contributed by atoms with Crippen LogP contribution >= 0.6 is 0 Å². The number of aryl methyl sites for hydroxylation is 1. The van der Waals surface area contributed by atoms with Crippen LogP contribution in [0.2, 0.25) is 0 Å². The maximum atomic E-state index is 12.6. The Morgan fingerprint density at radius 1 is 0.949 bits per heavy atom. The van der Waals surface area contributed by atoms with E-state index in [4.69, 9.17) is 18.9 Å². The first-order chi connectivity index (χ1) is 18.5. The Morgan fingerprint density at radius 3 is 2.21 bits per heavy atom. The molecule has 8 nitrogen and oxygen atoms in total. The molecule has 1 fully saturated rings. The summed E-state index contributed by atoms with van der Waals surface area (Å²) in [4.78, 5) is 25.8. The zero-order valence-corrected chi connectivity index (χ0v) is 26.6. The van der Waals surface area contributed by atoms with Crippen LogP contribution in [0.25, 0.3) is 0 Å². The summed E-state index contributed by atoms with van der Waals surface area (Å²) < 4.78 is 24.5. The molecule has 2 heterocycles. The van der Waals surface area contributed by atoms with Crippen LogP contribution in [-0.2, 0) is 36.8 Å². The van der Waals surface area contributed by atoms with E-state index in [2.05, 4.69) is 6.92 Å². The summed E-state index contributed by atoms with van der Waals surface area (Å²) in [6.07, 6.45) is 16.3. The van der Waals surface area contributed by atoms with E-state index in [9.17, 15) is 9.59 Å². The Morgan fingerprint density at radius 2 is 1.59 bits per heavy atom. The van der Waals surface area contributed by atoms with Gasteiger partial charge >= 0.3 is 6.09 Å². The number of hydrogen-bond acceptors (Lipinski definition) is 6. The smallest absolute Gasteiger partial charge is 0.417 e. The molecule has 2 atom stereocenters. The lowest BCUT2D eigenvalue weighted by Gasteiger charge is -2.19. The highest BCUT2D eigenvalue weighted by atomic mass is 127. The second kappa shape index (κ2) is 22.4. The van der Waals surface area contributed by atoms with E-state index in [1.807, 2.05) is 35.9 Å². The molecule has 1 saturated heterocycles. The summed E-state index contributed by atoms with van der Waals surface area (Å²) >= 11 is 0. The average molecular weight is 663 g/mol. The third-order valence-corrected chi connectivity index (χ3v) is 6.90. The Kier molecular flexibility index (Phi) is 20.5. The summed E-state index contributed by atoms with van der Waals surface area (Å²) in [5.41, 5.74) is 0.848. The van der Waals surface area contributed by atoms with Crippen molar-refractivity contribution >= 4 is 12.0 Å². The number of carbonyl (C=O) groups excluding carboxylic acids is 2. The zero-order chi connectivity index (χ0) is 27.4. The van der Waals surface area contributed by atoms with Crippen LogP contribution in [0, 0.1) is 0 Å². The molecule has 0 spiro atoms. The highest BCUT2D eigenvalue weighted by Crippen LogP contribution is 2.15. The molecular weight excluding hydrogens is 611 g/mol.